The van der Waals surface area contributed by atoms with Crippen LogP contribution in [0.1, 0.15) is 43.5 Å². The number of oxime groups is 1. The van der Waals surface area contributed by atoms with Gasteiger partial charge in [-0.1, -0.05) is 11.6 Å². The molecule has 1 aromatic heterocycles. The van der Waals surface area contributed by atoms with Gasteiger partial charge in [-0.15, -0.1) is 0 Å². The van der Waals surface area contributed by atoms with Crippen molar-refractivity contribution < 1.29 is 10.3 Å². The van der Waals surface area contributed by atoms with Gasteiger partial charge in [-0.2, -0.15) is 0 Å². The summed E-state index contributed by atoms with van der Waals surface area (Å²) in [7, 11) is 0. The average Bonchev–Trinajstić information content (AvgIpc) is 2.52. The summed E-state index contributed by atoms with van der Waals surface area (Å²) in [6.07, 6.45) is 7.68. The Morgan fingerprint density at radius 2 is 2.05 bits per heavy atom. The van der Waals surface area contributed by atoms with E-state index in [1.54, 1.807) is 6.07 Å². The minimum absolute atomic E-state index is 0.0323. The fourth-order valence-electron chi connectivity index (χ4n) is 2.79. The summed E-state index contributed by atoms with van der Waals surface area (Å²) in [6.45, 7) is 3.41. The second-order valence-corrected chi connectivity index (χ2v) is 5.94. The van der Waals surface area contributed by atoms with Crippen LogP contribution in [0.3, 0.4) is 0 Å². The van der Waals surface area contributed by atoms with Crippen molar-refractivity contribution in [3.8, 4) is 5.75 Å². The minimum atomic E-state index is 0.0323. The standard InChI is InChI=1S/C16H26N4O2/c17-13-7-10-20(11-8-13)9-3-1-2-4-14-5-6-16(21)15(19-14)12-18-22/h5-6,12-13,21-22H,1-4,7-11,17H2. The maximum atomic E-state index is 9.56. The van der Waals surface area contributed by atoms with Crippen LogP contribution < -0.4 is 5.73 Å². The SMILES string of the molecule is NC1CCN(CCCCCc2ccc(O)c(C=NO)n2)CC1. The van der Waals surface area contributed by atoms with Crippen LogP contribution in [0.25, 0.3) is 0 Å². The molecule has 0 radical (unpaired) electrons. The number of nitrogens with two attached hydrogens (primary N) is 1. The Balaban J connectivity index is 1.65. The highest BCUT2D eigenvalue weighted by atomic mass is 16.4. The fourth-order valence-corrected chi connectivity index (χ4v) is 2.79. The summed E-state index contributed by atoms with van der Waals surface area (Å²) < 4.78 is 0. The van der Waals surface area contributed by atoms with E-state index in [9.17, 15) is 5.11 Å². The molecule has 2 heterocycles. The molecule has 0 bridgehead atoms. The van der Waals surface area contributed by atoms with E-state index in [1.807, 2.05) is 6.07 Å². The van der Waals surface area contributed by atoms with Crippen molar-refractivity contribution >= 4 is 6.21 Å². The van der Waals surface area contributed by atoms with E-state index < -0.39 is 0 Å². The predicted octanol–water partition coefficient (Wildman–Crippen LogP) is 1.73. The quantitative estimate of drug-likeness (QED) is 0.309. The van der Waals surface area contributed by atoms with Crippen LogP contribution in [0, 0.1) is 0 Å². The number of rotatable bonds is 7. The zero-order chi connectivity index (χ0) is 15.8. The van der Waals surface area contributed by atoms with Crippen molar-refractivity contribution in [2.45, 2.75) is 44.6 Å². The average molecular weight is 306 g/mol. The van der Waals surface area contributed by atoms with E-state index in [1.165, 1.54) is 6.42 Å². The highest BCUT2D eigenvalue weighted by Gasteiger charge is 2.14. The van der Waals surface area contributed by atoms with Crippen molar-refractivity contribution in [3.05, 3.63) is 23.5 Å². The Labute approximate surface area is 131 Å². The van der Waals surface area contributed by atoms with Gasteiger partial charge >= 0.3 is 0 Å². The second-order valence-electron chi connectivity index (χ2n) is 5.94. The molecule has 0 aliphatic carbocycles. The molecule has 0 atom stereocenters. The van der Waals surface area contributed by atoms with E-state index in [-0.39, 0.29) is 5.75 Å². The van der Waals surface area contributed by atoms with E-state index in [0.29, 0.717) is 11.7 Å². The predicted molar refractivity (Wildman–Crippen MR) is 86.5 cm³/mol. The van der Waals surface area contributed by atoms with Crippen molar-refractivity contribution in [3.63, 3.8) is 0 Å². The smallest absolute Gasteiger partial charge is 0.142 e. The van der Waals surface area contributed by atoms with Gasteiger partial charge in [0.15, 0.2) is 0 Å². The van der Waals surface area contributed by atoms with E-state index >= 15 is 0 Å². The monoisotopic (exact) mass is 306 g/mol. The number of pyridine rings is 1. The molecule has 0 spiro atoms. The van der Waals surface area contributed by atoms with Crippen molar-refractivity contribution in [1.82, 2.24) is 9.88 Å². The first-order valence-electron chi connectivity index (χ1n) is 8.03. The van der Waals surface area contributed by atoms with Gasteiger partial charge in [0.25, 0.3) is 0 Å². The topological polar surface area (TPSA) is 95.0 Å². The summed E-state index contributed by atoms with van der Waals surface area (Å²) in [5.74, 6) is 0.0323. The second kappa shape index (κ2) is 8.70. The third-order valence-electron chi connectivity index (χ3n) is 4.18. The van der Waals surface area contributed by atoms with Crippen LogP contribution >= 0.6 is 0 Å². The number of aromatic nitrogens is 1. The molecule has 6 heteroatoms. The number of aromatic hydroxyl groups is 1. The number of aryl methyl sites for hydroxylation is 1. The molecule has 0 amide bonds. The Morgan fingerprint density at radius 1 is 1.27 bits per heavy atom. The van der Waals surface area contributed by atoms with E-state index in [4.69, 9.17) is 10.9 Å². The first-order valence-corrected chi connectivity index (χ1v) is 8.03. The molecule has 2 rings (SSSR count). The third-order valence-corrected chi connectivity index (χ3v) is 4.18. The molecule has 1 saturated heterocycles. The van der Waals surface area contributed by atoms with Gasteiger partial charge in [0.1, 0.15) is 11.4 Å². The summed E-state index contributed by atoms with van der Waals surface area (Å²) in [5, 5.41) is 21.0. The molecular formula is C16H26N4O2. The van der Waals surface area contributed by atoms with E-state index in [2.05, 4.69) is 15.0 Å². The lowest BCUT2D eigenvalue weighted by Crippen LogP contribution is -2.39. The summed E-state index contributed by atoms with van der Waals surface area (Å²) >= 11 is 0. The van der Waals surface area contributed by atoms with Crippen LogP contribution in [0.4, 0.5) is 0 Å². The molecule has 22 heavy (non-hydrogen) atoms. The Bertz CT molecular complexity index is 485. The van der Waals surface area contributed by atoms with Gasteiger partial charge in [-0.3, -0.25) is 0 Å². The first kappa shape index (κ1) is 16.7. The number of piperidine rings is 1. The summed E-state index contributed by atoms with van der Waals surface area (Å²) in [4.78, 5) is 6.77. The highest BCUT2D eigenvalue weighted by molar-refractivity contribution is 5.80. The van der Waals surface area contributed by atoms with Crippen LogP contribution in [0.5, 0.6) is 5.75 Å². The molecule has 6 nitrogen and oxygen atoms in total. The van der Waals surface area contributed by atoms with Crippen molar-refractivity contribution in [2.24, 2.45) is 10.9 Å². The van der Waals surface area contributed by atoms with E-state index in [0.717, 1.165) is 63.6 Å². The molecule has 1 fully saturated rings. The lowest BCUT2D eigenvalue weighted by Gasteiger charge is -2.29. The third kappa shape index (κ3) is 5.27. The normalized spacial score (nSPS) is 17.3. The maximum absolute atomic E-state index is 9.56. The van der Waals surface area contributed by atoms with Gasteiger partial charge in [-0.25, -0.2) is 4.98 Å². The molecule has 1 aliphatic heterocycles. The van der Waals surface area contributed by atoms with Crippen LogP contribution in [0.2, 0.25) is 0 Å². The first-order chi connectivity index (χ1) is 10.7. The molecule has 0 unspecified atom stereocenters. The van der Waals surface area contributed by atoms with Crippen LogP contribution in [-0.2, 0) is 6.42 Å². The number of unbranched alkanes of at least 4 members (excludes halogenated alkanes) is 2. The van der Waals surface area contributed by atoms with Gasteiger partial charge in [-0.05, 0) is 63.9 Å². The molecule has 4 N–H and O–H groups in total. The molecular weight excluding hydrogens is 280 g/mol. The number of hydrogen-bond donors (Lipinski definition) is 3. The van der Waals surface area contributed by atoms with Gasteiger partial charge in [0.2, 0.25) is 0 Å². The molecule has 122 valence electrons. The van der Waals surface area contributed by atoms with Crippen molar-refractivity contribution in [2.75, 3.05) is 19.6 Å². The molecule has 1 aromatic rings. The van der Waals surface area contributed by atoms with Gasteiger partial charge < -0.3 is 20.9 Å². The highest BCUT2D eigenvalue weighted by Crippen LogP contribution is 2.15. The largest absolute Gasteiger partial charge is 0.506 e. The zero-order valence-electron chi connectivity index (χ0n) is 13.0. The molecule has 0 saturated carbocycles. The number of hydrogen-bond acceptors (Lipinski definition) is 6. The Hall–Kier alpha value is -1.66. The van der Waals surface area contributed by atoms with Gasteiger partial charge in [0.05, 0.1) is 6.21 Å². The van der Waals surface area contributed by atoms with Gasteiger partial charge in [0, 0.05) is 11.7 Å². The zero-order valence-corrected chi connectivity index (χ0v) is 13.0. The lowest BCUT2D eigenvalue weighted by molar-refractivity contribution is 0.209. The Kier molecular flexibility index (Phi) is 6.61. The molecule has 0 aromatic carbocycles. The minimum Gasteiger partial charge on any atom is -0.506 e. The van der Waals surface area contributed by atoms with Crippen LogP contribution in [0.15, 0.2) is 17.3 Å². The lowest BCUT2D eigenvalue weighted by atomic mass is 10.1. The maximum Gasteiger partial charge on any atom is 0.142 e. The summed E-state index contributed by atoms with van der Waals surface area (Å²) in [5.41, 5.74) is 7.13. The number of likely N-dealkylation sites (tertiary alicyclic amines) is 1. The van der Waals surface area contributed by atoms with Crippen molar-refractivity contribution in [1.29, 1.82) is 0 Å². The molecule has 1 aliphatic rings. The fraction of sp³-hybridized carbons (Fsp3) is 0.625. The Morgan fingerprint density at radius 3 is 2.77 bits per heavy atom. The van der Waals surface area contributed by atoms with Crippen LogP contribution in [-0.4, -0.2) is 52.1 Å². The number of nitrogens with zero attached hydrogens (tertiary/aromatic N) is 3. The summed E-state index contributed by atoms with van der Waals surface area (Å²) in [6, 6.07) is 3.81.